The summed E-state index contributed by atoms with van der Waals surface area (Å²) in [7, 11) is 1.62. The van der Waals surface area contributed by atoms with E-state index in [9.17, 15) is 5.11 Å². The van der Waals surface area contributed by atoms with Gasteiger partial charge < -0.3 is 14.6 Å². The van der Waals surface area contributed by atoms with E-state index in [-0.39, 0.29) is 6.10 Å². The molecule has 0 radical (unpaired) electrons. The molecule has 2 rings (SSSR count). The lowest BCUT2D eigenvalue weighted by Gasteiger charge is -2.16. The maximum absolute atomic E-state index is 10.5. The van der Waals surface area contributed by atoms with Crippen LogP contribution < -0.4 is 9.47 Å². The Kier molecular flexibility index (Phi) is 4.86. The largest absolute Gasteiger partial charge is 0.496 e. The van der Waals surface area contributed by atoms with Crippen LogP contribution in [-0.2, 0) is 0 Å². The van der Waals surface area contributed by atoms with Crippen LogP contribution in [0.3, 0.4) is 0 Å². The van der Waals surface area contributed by atoms with E-state index in [2.05, 4.69) is 0 Å². The van der Waals surface area contributed by atoms with Crippen LogP contribution in [0.4, 0.5) is 0 Å². The minimum atomic E-state index is -0.714. The van der Waals surface area contributed by atoms with Crippen molar-refractivity contribution < 1.29 is 14.6 Å². The number of ether oxygens (including phenoxy) is 2. The van der Waals surface area contributed by atoms with Crippen molar-refractivity contribution in [1.29, 1.82) is 0 Å². The average molecular weight is 286 g/mol. The molecule has 1 N–H and O–H groups in total. The predicted molar refractivity (Wildman–Crippen MR) is 84.0 cm³/mol. The fraction of sp³-hybridized carbons (Fsp3) is 0.333. The Bertz CT molecular complexity index is 588. The van der Waals surface area contributed by atoms with Gasteiger partial charge in [-0.15, -0.1) is 0 Å². The fourth-order valence-corrected chi connectivity index (χ4v) is 2.22. The summed E-state index contributed by atoms with van der Waals surface area (Å²) in [5.41, 5.74) is 2.68. The molecule has 0 saturated carbocycles. The molecule has 0 saturated heterocycles. The summed E-state index contributed by atoms with van der Waals surface area (Å²) in [5.74, 6) is 1.50. The van der Waals surface area contributed by atoms with Crippen molar-refractivity contribution in [3.05, 3.63) is 59.2 Å². The van der Waals surface area contributed by atoms with Crippen molar-refractivity contribution in [2.75, 3.05) is 7.11 Å². The summed E-state index contributed by atoms with van der Waals surface area (Å²) >= 11 is 0. The van der Waals surface area contributed by atoms with E-state index < -0.39 is 6.10 Å². The van der Waals surface area contributed by atoms with E-state index in [0.717, 1.165) is 22.4 Å². The first kappa shape index (κ1) is 15.4. The molecule has 0 aromatic heterocycles. The highest BCUT2D eigenvalue weighted by atomic mass is 16.5. The molecule has 1 unspecified atom stereocenters. The van der Waals surface area contributed by atoms with Crippen molar-refractivity contribution in [1.82, 2.24) is 0 Å². The summed E-state index contributed by atoms with van der Waals surface area (Å²) < 4.78 is 11.0. The first-order valence-electron chi connectivity index (χ1n) is 7.10. The van der Waals surface area contributed by atoms with Gasteiger partial charge in [-0.05, 0) is 50.1 Å². The zero-order valence-corrected chi connectivity index (χ0v) is 13.0. The van der Waals surface area contributed by atoms with Crippen LogP contribution >= 0.6 is 0 Å². The molecular formula is C18H22O3. The van der Waals surface area contributed by atoms with Gasteiger partial charge in [-0.2, -0.15) is 0 Å². The van der Waals surface area contributed by atoms with Crippen LogP contribution in [0.5, 0.6) is 11.5 Å². The highest BCUT2D eigenvalue weighted by Gasteiger charge is 2.15. The van der Waals surface area contributed by atoms with Crippen molar-refractivity contribution >= 4 is 0 Å². The minimum Gasteiger partial charge on any atom is -0.496 e. The monoisotopic (exact) mass is 286 g/mol. The SMILES string of the molecule is COc1cc(C)ccc1C(O)c1ccc(OC(C)C)cc1. The van der Waals surface area contributed by atoms with Crippen molar-refractivity contribution in [3.63, 3.8) is 0 Å². The molecule has 0 aliphatic heterocycles. The quantitative estimate of drug-likeness (QED) is 0.906. The first-order chi connectivity index (χ1) is 10.0. The molecule has 0 fully saturated rings. The van der Waals surface area contributed by atoms with Crippen LogP contribution in [0.1, 0.15) is 36.6 Å². The topological polar surface area (TPSA) is 38.7 Å². The zero-order chi connectivity index (χ0) is 15.4. The molecule has 0 aliphatic carbocycles. The van der Waals surface area contributed by atoms with Crippen molar-refractivity contribution in [2.45, 2.75) is 33.0 Å². The Morgan fingerprint density at radius 3 is 2.24 bits per heavy atom. The Labute approximate surface area is 126 Å². The Morgan fingerprint density at radius 2 is 1.67 bits per heavy atom. The lowest BCUT2D eigenvalue weighted by Crippen LogP contribution is -2.06. The number of rotatable bonds is 5. The summed E-state index contributed by atoms with van der Waals surface area (Å²) in [6.07, 6.45) is -0.577. The maximum atomic E-state index is 10.5. The van der Waals surface area contributed by atoms with Crippen molar-refractivity contribution in [3.8, 4) is 11.5 Å². The van der Waals surface area contributed by atoms with Crippen LogP contribution in [0, 0.1) is 6.92 Å². The molecule has 0 aliphatic rings. The van der Waals surface area contributed by atoms with E-state index in [0.29, 0.717) is 5.75 Å². The molecule has 0 bridgehead atoms. The summed E-state index contributed by atoms with van der Waals surface area (Å²) in [6.45, 7) is 5.97. The third-order valence-electron chi connectivity index (χ3n) is 3.25. The van der Waals surface area contributed by atoms with Gasteiger partial charge in [0.25, 0.3) is 0 Å². The van der Waals surface area contributed by atoms with Gasteiger partial charge in [-0.25, -0.2) is 0 Å². The van der Waals surface area contributed by atoms with Gasteiger partial charge >= 0.3 is 0 Å². The van der Waals surface area contributed by atoms with Gasteiger partial charge in [-0.3, -0.25) is 0 Å². The maximum Gasteiger partial charge on any atom is 0.125 e. The lowest BCUT2D eigenvalue weighted by atomic mass is 9.99. The van der Waals surface area contributed by atoms with Crippen molar-refractivity contribution in [2.24, 2.45) is 0 Å². The molecule has 2 aromatic carbocycles. The predicted octanol–water partition coefficient (Wildman–Crippen LogP) is 3.87. The van der Waals surface area contributed by atoms with Crippen LogP contribution in [0.2, 0.25) is 0 Å². The molecule has 1 atom stereocenters. The van der Waals surface area contributed by atoms with Gasteiger partial charge in [-0.1, -0.05) is 24.3 Å². The number of aryl methyl sites for hydroxylation is 1. The zero-order valence-electron chi connectivity index (χ0n) is 13.0. The third kappa shape index (κ3) is 3.76. The molecular weight excluding hydrogens is 264 g/mol. The molecule has 0 spiro atoms. The minimum absolute atomic E-state index is 0.137. The normalized spacial score (nSPS) is 12.3. The Morgan fingerprint density at radius 1 is 1.00 bits per heavy atom. The van der Waals surface area contributed by atoms with Gasteiger partial charge in [0.05, 0.1) is 13.2 Å². The van der Waals surface area contributed by atoms with E-state index >= 15 is 0 Å². The van der Waals surface area contributed by atoms with E-state index in [1.54, 1.807) is 7.11 Å². The fourth-order valence-electron chi connectivity index (χ4n) is 2.22. The van der Waals surface area contributed by atoms with E-state index in [1.807, 2.05) is 63.2 Å². The third-order valence-corrected chi connectivity index (χ3v) is 3.25. The molecule has 2 aromatic rings. The number of benzene rings is 2. The smallest absolute Gasteiger partial charge is 0.125 e. The molecule has 112 valence electrons. The van der Waals surface area contributed by atoms with Gasteiger partial charge in [0.1, 0.15) is 17.6 Å². The average Bonchev–Trinajstić information content (AvgIpc) is 2.46. The molecule has 0 heterocycles. The van der Waals surface area contributed by atoms with Gasteiger partial charge in [0.2, 0.25) is 0 Å². The van der Waals surface area contributed by atoms with Gasteiger partial charge in [0.15, 0.2) is 0 Å². The summed E-state index contributed by atoms with van der Waals surface area (Å²) in [6, 6.07) is 13.3. The second-order valence-corrected chi connectivity index (χ2v) is 5.38. The Hall–Kier alpha value is -2.00. The highest BCUT2D eigenvalue weighted by Crippen LogP contribution is 2.31. The number of aliphatic hydroxyl groups excluding tert-OH is 1. The molecule has 3 nitrogen and oxygen atoms in total. The molecule has 3 heteroatoms. The van der Waals surface area contributed by atoms with Gasteiger partial charge in [0, 0.05) is 5.56 Å². The standard InChI is InChI=1S/C18H22O3/c1-12(2)21-15-8-6-14(7-9-15)18(19)16-10-5-13(3)11-17(16)20-4/h5-12,18-19H,1-4H3. The summed E-state index contributed by atoms with van der Waals surface area (Å²) in [4.78, 5) is 0. The second-order valence-electron chi connectivity index (χ2n) is 5.38. The highest BCUT2D eigenvalue weighted by molar-refractivity contribution is 5.43. The summed E-state index contributed by atoms with van der Waals surface area (Å²) in [5, 5.41) is 10.5. The molecule has 21 heavy (non-hydrogen) atoms. The van der Waals surface area contributed by atoms with Crippen LogP contribution in [0.25, 0.3) is 0 Å². The number of hydrogen-bond acceptors (Lipinski definition) is 3. The first-order valence-corrected chi connectivity index (χ1v) is 7.10. The van der Waals surface area contributed by atoms with E-state index in [4.69, 9.17) is 9.47 Å². The number of aliphatic hydroxyl groups is 1. The van der Waals surface area contributed by atoms with Crippen LogP contribution in [0.15, 0.2) is 42.5 Å². The number of methoxy groups -OCH3 is 1. The number of hydrogen-bond donors (Lipinski definition) is 1. The Balaban J connectivity index is 2.25. The molecule has 0 amide bonds. The van der Waals surface area contributed by atoms with Crippen LogP contribution in [-0.4, -0.2) is 18.3 Å². The second kappa shape index (κ2) is 6.64. The van der Waals surface area contributed by atoms with E-state index in [1.165, 1.54) is 0 Å². The lowest BCUT2D eigenvalue weighted by molar-refractivity contribution is 0.214.